The fourth-order valence-electron chi connectivity index (χ4n) is 2.80. The van der Waals surface area contributed by atoms with Crippen LogP contribution in [-0.4, -0.2) is 47.8 Å². The molecule has 0 radical (unpaired) electrons. The number of hydrogen-bond acceptors (Lipinski definition) is 4. The summed E-state index contributed by atoms with van der Waals surface area (Å²) in [6, 6.07) is -0.223. The van der Waals surface area contributed by atoms with E-state index in [0.29, 0.717) is 13.2 Å². The average molecular weight is 257 g/mol. The third-order valence-electron chi connectivity index (χ3n) is 3.73. The minimum atomic E-state index is -0.604. The molecule has 0 heterocycles. The summed E-state index contributed by atoms with van der Waals surface area (Å²) < 4.78 is 5.11. The summed E-state index contributed by atoms with van der Waals surface area (Å²) >= 11 is 0. The van der Waals surface area contributed by atoms with Crippen LogP contribution in [0.5, 0.6) is 0 Å². The molecule has 106 valence electrons. The van der Waals surface area contributed by atoms with E-state index in [-0.39, 0.29) is 12.0 Å². The number of hydrogen-bond donors (Lipinski definition) is 1. The summed E-state index contributed by atoms with van der Waals surface area (Å²) in [6.07, 6.45) is 5.58. The second-order valence-electron chi connectivity index (χ2n) is 5.40. The van der Waals surface area contributed by atoms with Crippen LogP contribution in [0.15, 0.2) is 0 Å². The number of esters is 1. The van der Waals surface area contributed by atoms with E-state index in [1.165, 1.54) is 0 Å². The highest BCUT2D eigenvalue weighted by molar-refractivity contribution is 5.75. The van der Waals surface area contributed by atoms with E-state index >= 15 is 0 Å². The maximum atomic E-state index is 11.9. The Morgan fingerprint density at radius 3 is 2.50 bits per heavy atom. The van der Waals surface area contributed by atoms with Gasteiger partial charge in [0.15, 0.2) is 0 Å². The molecule has 1 fully saturated rings. The Hall–Kier alpha value is -0.610. The van der Waals surface area contributed by atoms with Crippen LogP contribution < -0.4 is 0 Å². The van der Waals surface area contributed by atoms with Gasteiger partial charge in [0, 0.05) is 6.54 Å². The normalized spacial score (nSPS) is 20.1. The third-order valence-corrected chi connectivity index (χ3v) is 3.73. The molecule has 4 nitrogen and oxygen atoms in total. The molecule has 0 aliphatic heterocycles. The molecule has 18 heavy (non-hydrogen) atoms. The Bertz CT molecular complexity index is 262. The van der Waals surface area contributed by atoms with E-state index in [4.69, 9.17) is 4.74 Å². The molecule has 1 atom stereocenters. The van der Waals surface area contributed by atoms with Gasteiger partial charge < -0.3 is 9.84 Å². The first-order chi connectivity index (χ1) is 8.52. The van der Waals surface area contributed by atoms with Gasteiger partial charge in [-0.05, 0) is 33.2 Å². The van der Waals surface area contributed by atoms with E-state index in [1.54, 1.807) is 0 Å². The number of likely N-dealkylation sites (N-methyl/N-ethyl adjacent to an activating group) is 1. The van der Waals surface area contributed by atoms with Crippen molar-refractivity contribution in [1.82, 2.24) is 4.90 Å². The molecular formula is C14H27NO3. The lowest BCUT2D eigenvalue weighted by molar-refractivity contribution is -0.150. The van der Waals surface area contributed by atoms with Crippen molar-refractivity contribution in [3.8, 4) is 0 Å². The largest absolute Gasteiger partial charge is 0.465 e. The predicted molar refractivity (Wildman–Crippen MR) is 71.4 cm³/mol. The van der Waals surface area contributed by atoms with Crippen molar-refractivity contribution in [2.45, 2.75) is 64.0 Å². The number of rotatable bonds is 7. The van der Waals surface area contributed by atoms with Gasteiger partial charge in [-0.1, -0.05) is 26.2 Å². The van der Waals surface area contributed by atoms with Crippen LogP contribution in [-0.2, 0) is 9.53 Å². The van der Waals surface area contributed by atoms with Gasteiger partial charge in [-0.3, -0.25) is 9.69 Å². The summed E-state index contributed by atoms with van der Waals surface area (Å²) in [4.78, 5) is 13.9. The highest BCUT2D eigenvalue weighted by atomic mass is 16.5. The van der Waals surface area contributed by atoms with Crippen LogP contribution in [0.2, 0.25) is 0 Å². The van der Waals surface area contributed by atoms with Gasteiger partial charge in [0.2, 0.25) is 0 Å². The lowest BCUT2D eigenvalue weighted by Crippen LogP contribution is -2.47. The minimum Gasteiger partial charge on any atom is -0.465 e. The highest BCUT2D eigenvalue weighted by Gasteiger charge is 2.35. The third kappa shape index (κ3) is 4.25. The minimum absolute atomic E-state index is 0.163. The molecule has 1 saturated carbocycles. The molecular weight excluding hydrogens is 230 g/mol. The fraction of sp³-hybridized carbons (Fsp3) is 0.929. The molecule has 0 spiro atoms. The van der Waals surface area contributed by atoms with E-state index in [0.717, 1.165) is 38.5 Å². The zero-order valence-corrected chi connectivity index (χ0v) is 11.9. The summed E-state index contributed by atoms with van der Waals surface area (Å²) in [5.41, 5.74) is -0.604. The van der Waals surface area contributed by atoms with Crippen molar-refractivity contribution in [3.05, 3.63) is 0 Å². The number of aliphatic hydroxyl groups is 1. The Morgan fingerprint density at radius 1 is 1.39 bits per heavy atom. The second-order valence-corrected chi connectivity index (χ2v) is 5.40. The van der Waals surface area contributed by atoms with Crippen molar-refractivity contribution < 1.29 is 14.6 Å². The molecule has 1 aliphatic rings. The van der Waals surface area contributed by atoms with Gasteiger partial charge >= 0.3 is 5.97 Å². The molecule has 1 N–H and O–H groups in total. The van der Waals surface area contributed by atoms with Crippen LogP contribution >= 0.6 is 0 Å². The molecule has 1 unspecified atom stereocenters. The van der Waals surface area contributed by atoms with E-state index in [2.05, 4.69) is 6.92 Å². The van der Waals surface area contributed by atoms with Crippen molar-refractivity contribution in [3.63, 3.8) is 0 Å². The van der Waals surface area contributed by atoms with E-state index in [1.807, 2.05) is 18.9 Å². The zero-order valence-electron chi connectivity index (χ0n) is 11.9. The first kappa shape index (κ1) is 15.4. The Balaban J connectivity index is 2.58. The summed E-state index contributed by atoms with van der Waals surface area (Å²) in [6.45, 7) is 4.86. The van der Waals surface area contributed by atoms with Gasteiger partial charge in [0.25, 0.3) is 0 Å². The van der Waals surface area contributed by atoms with Gasteiger partial charge in [-0.2, -0.15) is 0 Å². The zero-order chi connectivity index (χ0) is 13.6. The first-order valence-electron chi connectivity index (χ1n) is 7.11. The number of carbonyl (C=O) groups is 1. The molecule has 0 saturated heterocycles. The van der Waals surface area contributed by atoms with Crippen molar-refractivity contribution in [2.24, 2.45) is 0 Å². The second kappa shape index (κ2) is 7.10. The molecule has 0 aromatic rings. The predicted octanol–water partition coefficient (Wildman–Crippen LogP) is 1.96. The maximum absolute atomic E-state index is 11.9. The Kier molecular flexibility index (Phi) is 6.09. The number of ether oxygens (including phenoxy) is 1. The highest BCUT2D eigenvalue weighted by Crippen LogP contribution is 2.30. The molecule has 0 bridgehead atoms. The molecule has 0 aromatic heterocycles. The SMILES string of the molecule is CCCC(C(=O)OCC)N(C)CC1(O)CCCC1. The van der Waals surface area contributed by atoms with Crippen LogP contribution in [0.25, 0.3) is 0 Å². The van der Waals surface area contributed by atoms with Crippen molar-refractivity contribution in [2.75, 3.05) is 20.2 Å². The molecule has 0 amide bonds. The van der Waals surface area contributed by atoms with Gasteiger partial charge in [0.05, 0.1) is 12.2 Å². The Labute approximate surface area is 110 Å². The quantitative estimate of drug-likeness (QED) is 0.708. The Morgan fingerprint density at radius 2 is 2.00 bits per heavy atom. The van der Waals surface area contributed by atoms with Crippen LogP contribution in [0.1, 0.15) is 52.4 Å². The summed E-state index contributed by atoms with van der Waals surface area (Å²) in [5.74, 6) is -0.163. The monoisotopic (exact) mass is 257 g/mol. The molecule has 4 heteroatoms. The van der Waals surface area contributed by atoms with Gasteiger partial charge in [-0.25, -0.2) is 0 Å². The number of nitrogens with zero attached hydrogens (tertiary/aromatic N) is 1. The average Bonchev–Trinajstić information content (AvgIpc) is 2.72. The van der Waals surface area contributed by atoms with E-state index < -0.39 is 5.60 Å². The smallest absolute Gasteiger partial charge is 0.323 e. The lowest BCUT2D eigenvalue weighted by atomic mass is 10.0. The maximum Gasteiger partial charge on any atom is 0.323 e. The van der Waals surface area contributed by atoms with Gasteiger partial charge in [-0.15, -0.1) is 0 Å². The lowest BCUT2D eigenvalue weighted by Gasteiger charge is -2.33. The van der Waals surface area contributed by atoms with Gasteiger partial charge in [0.1, 0.15) is 6.04 Å². The van der Waals surface area contributed by atoms with E-state index in [9.17, 15) is 9.90 Å². The first-order valence-corrected chi connectivity index (χ1v) is 7.11. The molecule has 1 rings (SSSR count). The summed E-state index contributed by atoms with van der Waals surface area (Å²) in [7, 11) is 1.91. The topological polar surface area (TPSA) is 49.8 Å². The van der Waals surface area contributed by atoms with Crippen molar-refractivity contribution in [1.29, 1.82) is 0 Å². The molecule has 1 aliphatic carbocycles. The van der Waals surface area contributed by atoms with Crippen LogP contribution in [0.4, 0.5) is 0 Å². The van der Waals surface area contributed by atoms with Crippen molar-refractivity contribution >= 4 is 5.97 Å². The standard InChI is InChI=1S/C14H27NO3/c1-4-8-12(13(16)18-5-2)15(3)11-14(17)9-6-7-10-14/h12,17H,4-11H2,1-3H3. The number of carbonyl (C=O) groups excluding carboxylic acids is 1. The molecule has 0 aromatic carbocycles. The fourth-order valence-corrected chi connectivity index (χ4v) is 2.80. The van der Waals surface area contributed by atoms with Crippen LogP contribution in [0, 0.1) is 0 Å². The van der Waals surface area contributed by atoms with Crippen LogP contribution in [0.3, 0.4) is 0 Å². The summed E-state index contributed by atoms with van der Waals surface area (Å²) in [5, 5.41) is 10.4.